The van der Waals surface area contributed by atoms with Crippen molar-refractivity contribution in [3.8, 4) is 11.1 Å². The highest BCUT2D eigenvalue weighted by molar-refractivity contribution is 6.40. The van der Waals surface area contributed by atoms with Crippen molar-refractivity contribution in [1.29, 1.82) is 0 Å². The number of rotatable bonds is 5. The van der Waals surface area contributed by atoms with Gasteiger partial charge in [-0.3, -0.25) is 9.80 Å². The van der Waals surface area contributed by atoms with Gasteiger partial charge in [0.25, 0.3) is 0 Å². The Kier molecular flexibility index (Phi) is 7.12. The molecule has 0 aromatic heterocycles. The van der Waals surface area contributed by atoms with Gasteiger partial charge in [-0.25, -0.2) is 4.79 Å². The summed E-state index contributed by atoms with van der Waals surface area (Å²) in [5.41, 5.74) is 5.19. The van der Waals surface area contributed by atoms with E-state index in [0.29, 0.717) is 33.3 Å². The average molecular weight is 569 g/mol. The van der Waals surface area contributed by atoms with E-state index in [1.54, 1.807) is 29.4 Å². The fourth-order valence-electron chi connectivity index (χ4n) is 5.49. The van der Waals surface area contributed by atoms with Gasteiger partial charge in [-0.1, -0.05) is 64.2 Å². The van der Waals surface area contributed by atoms with Gasteiger partial charge in [0.15, 0.2) is 6.34 Å². The van der Waals surface area contributed by atoms with Crippen molar-refractivity contribution in [3.05, 3.63) is 80.8 Å². The molecule has 6 rings (SSSR count). The number of aliphatic imine (C=N–C) groups is 1. The number of anilines is 2. The highest BCUT2D eigenvalue weighted by Crippen LogP contribution is 2.44. The number of urea groups is 1. The Bertz CT molecular complexity index is 1420. The number of likely N-dealkylation sites (tertiary alicyclic amines) is 1. The lowest BCUT2D eigenvalue weighted by atomic mass is 9.93. The minimum Gasteiger partial charge on any atom is -0.333 e. The van der Waals surface area contributed by atoms with Crippen molar-refractivity contribution in [1.82, 2.24) is 10.2 Å². The molecule has 1 saturated heterocycles. The zero-order valence-corrected chi connectivity index (χ0v) is 22.8. The summed E-state index contributed by atoms with van der Waals surface area (Å²) < 4.78 is 0. The summed E-state index contributed by atoms with van der Waals surface area (Å²) in [7, 11) is 0. The van der Waals surface area contributed by atoms with Crippen molar-refractivity contribution in [3.63, 3.8) is 0 Å². The molecule has 0 bridgehead atoms. The maximum Gasteiger partial charge on any atom is 0.326 e. The number of carbonyl (C=O) groups is 1. The van der Waals surface area contributed by atoms with Gasteiger partial charge in [-0.05, 0) is 41.5 Å². The Morgan fingerprint density at radius 3 is 2.39 bits per heavy atom. The van der Waals surface area contributed by atoms with E-state index < -0.39 is 0 Å². The second kappa shape index (κ2) is 10.7. The number of benzene rings is 3. The molecule has 194 valence electrons. The predicted octanol–water partition coefficient (Wildman–Crippen LogP) is 5.51. The molecule has 0 aliphatic carbocycles. The van der Waals surface area contributed by atoms with Gasteiger partial charge < -0.3 is 5.32 Å². The van der Waals surface area contributed by atoms with Crippen LogP contribution < -0.4 is 15.2 Å². The van der Waals surface area contributed by atoms with Crippen LogP contribution >= 0.6 is 34.8 Å². The molecule has 1 unspecified atom stereocenters. The van der Waals surface area contributed by atoms with E-state index in [1.807, 2.05) is 30.6 Å². The summed E-state index contributed by atoms with van der Waals surface area (Å²) in [5.74, 6) is 0. The number of nitrogens with one attached hydrogen (secondary N) is 2. The minimum absolute atomic E-state index is 0.272. The number of para-hydroxylation sites is 1. The van der Waals surface area contributed by atoms with Gasteiger partial charge in [-0.15, -0.1) is 0 Å². The fraction of sp³-hybridized carbons (Fsp3) is 0.250. The quantitative estimate of drug-likeness (QED) is 0.426. The van der Waals surface area contributed by atoms with Gasteiger partial charge in [0.2, 0.25) is 6.34 Å². The number of hydrogen-bond acceptors (Lipinski definition) is 4. The molecule has 0 spiro atoms. The standard InChI is InChI=1S/C28H25Cl3N6O/c29-23-5-2-1-4-20(23)21-12-18(15-35-10-8-19(9-11-35)36-17-32-16-34-36)13-26-22(21)14-33-28(38)37(26)27-24(30)6-3-7-25(27)31/h1-7,12-13,16-17,19H,8-11,14-15H2,(H,33,38)/p+1. The molecule has 3 aliphatic rings. The highest BCUT2D eigenvalue weighted by Gasteiger charge is 2.32. The third kappa shape index (κ3) is 4.81. The van der Waals surface area contributed by atoms with Crippen LogP contribution in [0, 0.1) is 0 Å². The predicted molar refractivity (Wildman–Crippen MR) is 154 cm³/mol. The highest BCUT2D eigenvalue weighted by atomic mass is 35.5. The molecule has 10 heteroatoms. The molecule has 3 aliphatic heterocycles. The summed E-state index contributed by atoms with van der Waals surface area (Å²) in [6.07, 6.45) is 5.56. The van der Waals surface area contributed by atoms with E-state index in [2.05, 4.69) is 32.4 Å². The Labute approximate surface area is 236 Å². The van der Waals surface area contributed by atoms with Crippen LogP contribution in [0.2, 0.25) is 15.1 Å². The topological polar surface area (TPSA) is 64.7 Å². The van der Waals surface area contributed by atoms with E-state index in [4.69, 9.17) is 34.8 Å². The van der Waals surface area contributed by atoms with Gasteiger partial charge in [-0.2, -0.15) is 10.0 Å². The van der Waals surface area contributed by atoms with E-state index >= 15 is 0 Å². The molecule has 7 nitrogen and oxygen atoms in total. The number of nitrogens with zero attached hydrogens (tertiary/aromatic N) is 4. The normalized spacial score (nSPS) is 19.6. The minimum atomic E-state index is -0.272. The fourth-order valence-corrected chi connectivity index (χ4v) is 6.29. The second-order valence-electron chi connectivity index (χ2n) is 9.68. The lowest BCUT2D eigenvalue weighted by Crippen LogP contribution is -3.10. The van der Waals surface area contributed by atoms with Crippen LogP contribution in [0.1, 0.15) is 24.0 Å². The number of amides is 2. The first-order valence-corrected chi connectivity index (χ1v) is 13.7. The first kappa shape index (κ1) is 25.3. The zero-order valence-electron chi connectivity index (χ0n) is 20.5. The molecule has 1 fully saturated rings. The van der Waals surface area contributed by atoms with Crippen molar-refractivity contribution in [2.45, 2.75) is 32.0 Å². The van der Waals surface area contributed by atoms with Crippen LogP contribution in [0.15, 0.2) is 64.7 Å². The first-order chi connectivity index (χ1) is 18.5. The SMILES string of the molecule is O=C1NCc2c(-c3ccccc3Cl)cc(CN3CCC([NH+]4C=NC=N4)CC3)cc2N1c1c(Cl)cccc1Cl. The van der Waals surface area contributed by atoms with Crippen LogP contribution in [0.25, 0.3) is 11.1 Å². The largest absolute Gasteiger partial charge is 0.333 e. The molecule has 3 aromatic carbocycles. The molecule has 0 saturated carbocycles. The molecule has 1 atom stereocenters. The Morgan fingerprint density at radius 1 is 0.947 bits per heavy atom. The van der Waals surface area contributed by atoms with Gasteiger partial charge >= 0.3 is 6.03 Å². The number of piperidine rings is 1. The van der Waals surface area contributed by atoms with Crippen LogP contribution in [-0.2, 0) is 13.1 Å². The van der Waals surface area contributed by atoms with Crippen LogP contribution in [0.4, 0.5) is 16.2 Å². The smallest absolute Gasteiger partial charge is 0.326 e. The number of quaternary nitrogens is 1. The summed E-state index contributed by atoms with van der Waals surface area (Å²) in [6, 6.07) is 17.5. The van der Waals surface area contributed by atoms with Gasteiger partial charge in [0.05, 0.1) is 21.4 Å². The third-order valence-electron chi connectivity index (χ3n) is 7.36. The molecular formula is C28H26Cl3N6O+. The molecular weight excluding hydrogens is 543 g/mol. The Morgan fingerprint density at radius 2 is 1.68 bits per heavy atom. The monoisotopic (exact) mass is 567 g/mol. The van der Waals surface area contributed by atoms with Crippen molar-refractivity contribution in [2.75, 3.05) is 18.0 Å². The van der Waals surface area contributed by atoms with E-state index in [9.17, 15) is 4.79 Å². The number of carbonyl (C=O) groups excluding carboxylic acids is 1. The van der Waals surface area contributed by atoms with E-state index in [0.717, 1.165) is 65.4 Å². The summed E-state index contributed by atoms with van der Waals surface area (Å²) >= 11 is 19.8. The number of fused-ring (bicyclic) bond motifs is 1. The van der Waals surface area contributed by atoms with Crippen LogP contribution in [0.3, 0.4) is 0 Å². The maximum absolute atomic E-state index is 13.3. The van der Waals surface area contributed by atoms with Crippen molar-refractivity contribution >= 4 is 64.9 Å². The lowest BCUT2D eigenvalue weighted by molar-refractivity contribution is -0.833. The summed E-state index contributed by atoms with van der Waals surface area (Å²) in [6.45, 7) is 3.03. The van der Waals surface area contributed by atoms with Gasteiger partial charge in [0.1, 0.15) is 6.04 Å². The van der Waals surface area contributed by atoms with Crippen molar-refractivity contribution < 1.29 is 9.80 Å². The molecule has 2 N–H and O–H groups in total. The molecule has 3 aromatic rings. The maximum atomic E-state index is 13.3. The number of halogens is 3. The van der Waals surface area contributed by atoms with Gasteiger partial charge in [0, 0.05) is 55.2 Å². The Balaban J connectivity index is 1.40. The average Bonchev–Trinajstić information content (AvgIpc) is 3.45. The molecule has 3 heterocycles. The first-order valence-electron chi connectivity index (χ1n) is 12.6. The van der Waals surface area contributed by atoms with E-state index in [-0.39, 0.29) is 6.03 Å². The third-order valence-corrected chi connectivity index (χ3v) is 8.30. The van der Waals surface area contributed by atoms with Crippen molar-refractivity contribution in [2.24, 2.45) is 10.1 Å². The van der Waals surface area contributed by atoms with Crippen LogP contribution in [0.5, 0.6) is 0 Å². The molecule has 0 radical (unpaired) electrons. The summed E-state index contributed by atoms with van der Waals surface area (Å²) in [4.78, 5) is 21.4. The number of hydrogen-bond donors (Lipinski definition) is 2. The molecule has 2 amide bonds. The van der Waals surface area contributed by atoms with E-state index in [1.165, 1.54) is 0 Å². The molecule has 38 heavy (non-hydrogen) atoms. The van der Waals surface area contributed by atoms with Crippen LogP contribution in [-0.4, -0.2) is 42.7 Å². The lowest BCUT2D eigenvalue weighted by Gasteiger charge is -2.35. The Hall–Kier alpha value is -2.94. The second-order valence-corrected chi connectivity index (χ2v) is 10.9. The zero-order chi connectivity index (χ0) is 26.2. The summed E-state index contributed by atoms with van der Waals surface area (Å²) in [5, 5.41) is 9.94.